The molecule has 0 saturated carbocycles. The number of benzene rings is 3. The standard InChI is InChI=1S/C29H29N3O2S/c1-18(2)24-12-8-9-13-25(24)32-28-26(19(3)31-32)27(35-20(4)29(33)30-28)21-14-16-23(17-15-21)34-22-10-6-5-7-11-22/h5-18,20,27H,1-4H3,(H,30,33)/t20-,27+/m0/s1. The third-order valence-corrected chi connectivity index (χ3v) is 7.67. The molecular formula is C29H29N3O2S. The molecule has 2 heterocycles. The largest absolute Gasteiger partial charge is 0.457 e. The summed E-state index contributed by atoms with van der Waals surface area (Å²) in [6.07, 6.45) is 0. The monoisotopic (exact) mass is 483 g/mol. The van der Waals surface area contributed by atoms with Crippen LogP contribution in [0.15, 0.2) is 78.9 Å². The van der Waals surface area contributed by atoms with Crippen LogP contribution in [0.3, 0.4) is 0 Å². The Kier molecular flexibility index (Phi) is 6.39. The van der Waals surface area contributed by atoms with E-state index >= 15 is 0 Å². The van der Waals surface area contributed by atoms with Gasteiger partial charge in [-0.3, -0.25) is 4.79 Å². The third-order valence-electron chi connectivity index (χ3n) is 6.27. The number of rotatable bonds is 5. The quantitative estimate of drug-likeness (QED) is 0.325. The topological polar surface area (TPSA) is 56.2 Å². The zero-order valence-corrected chi connectivity index (χ0v) is 21.2. The SMILES string of the molecule is Cc1nn(-c2ccccc2C(C)C)c2c1[C@@H](c1ccc(Oc3ccccc3)cc1)S[C@@H](C)C(=O)N2. The van der Waals surface area contributed by atoms with E-state index in [1.807, 2.05) is 73.1 Å². The maximum absolute atomic E-state index is 13.0. The average molecular weight is 484 g/mol. The maximum atomic E-state index is 13.0. The number of thioether (sulfide) groups is 1. The van der Waals surface area contributed by atoms with Gasteiger partial charge in [0.25, 0.3) is 0 Å². The highest BCUT2D eigenvalue weighted by molar-refractivity contribution is 8.01. The van der Waals surface area contributed by atoms with Crippen LogP contribution in [0.25, 0.3) is 5.69 Å². The first kappa shape index (κ1) is 23.2. The third kappa shape index (κ3) is 4.58. The molecule has 178 valence electrons. The number of carbonyl (C=O) groups is 1. The number of nitrogens with zero attached hydrogens (tertiary/aromatic N) is 2. The van der Waals surface area contributed by atoms with Gasteiger partial charge >= 0.3 is 0 Å². The van der Waals surface area contributed by atoms with Crippen LogP contribution in [-0.4, -0.2) is 20.9 Å². The first-order chi connectivity index (χ1) is 16.9. The number of para-hydroxylation sites is 2. The lowest BCUT2D eigenvalue weighted by molar-refractivity contribution is -0.115. The second-order valence-corrected chi connectivity index (χ2v) is 10.6. The van der Waals surface area contributed by atoms with E-state index < -0.39 is 0 Å². The lowest BCUT2D eigenvalue weighted by Crippen LogP contribution is -2.22. The molecule has 6 heteroatoms. The minimum atomic E-state index is -0.208. The van der Waals surface area contributed by atoms with Crippen molar-refractivity contribution in [2.75, 3.05) is 5.32 Å². The van der Waals surface area contributed by atoms with E-state index in [-0.39, 0.29) is 16.4 Å². The van der Waals surface area contributed by atoms with Crippen molar-refractivity contribution in [2.45, 2.75) is 44.1 Å². The van der Waals surface area contributed by atoms with Gasteiger partial charge in [-0.1, -0.05) is 62.4 Å². The molecule has 0 fully saturated rings. The molecule has 4 aromatic rings. The Morgan fingerprint density at radius 2 is 1.60 bits per heavy atom. The number of anilines is 1. The number of fused-ring (bicyclic) bond motifs is 1. The molecule has 5 rings (SSSR count). The van der Waals surface area contributed by atoms with Crippen LogP contribution in [0.2, 0.25) is 0 Å². The highest BCUT2D eigenvalue weighted by atomic mass is 32.2. The summed E-state index contributed by atoms with van der Waals surface area (Å²) in [5.41, 5.74) is 5.26. The molecule has 3 aromatic carbocycles. The first-order valence-electron chi connectivity index (χ1n) is 11.9. The van der Waals surface area contributed by atoms with E-state index in [9.17, 15) is 4.79 Å². The number of aryl methyl sites for hydroxylation is 1. The summed E-state index contributed by atoms with van der Waals surface area (Å²) < 4.78 is 7.90. The summed E-state index contributed by atoms with van der Waals surface area (Å²) in [5.74, 6) is 2.65. The van der Waals surface area contributed by atoms with Gasteiger partial charge in [-0.25, -0.2) is 4.68 Å². The lowest BCUT2D eigenvalue weighted by atomic mass is 10.0. The van der Waals surface area contributed by atoms with Crippen LogP contribution < -0.4 is 10.1 Å². The van der Waals surface area contributed by atoms with Crippen molar-refractivity contribution < 1.29 is 9.53 Å². The van der Waals surface area contributed by atoms with E-state index in [1.165, 1.54) is 5.56 Å². The lowest BCUT2D eigenvalue weighted by Gasteiger charge is -2.18. The average Bonchev–Trinajstić information content (AvgIpc) is 3.11. The zero-order chi connectivity index (χ0) is 24.5. The van der Waals surface area contributed by atoms with E-state index in [0.717, 1.165) is 39.8 Å². The number of hydrogen-bond donors (Lipinski definition) is 1. The summed E-state index contributed by atoms with van der Waals surface area (Å²) in [6.45, 7) is 8.33. The Bertz CT molecular complexity index is 1350. The number of carbonyl (C=O) groups excluding carboxylic acids is 1. The van der Waals surface area contributed by atoms with Crippen molar-refractivity contribution in [3.63, 3.8) is 0 Å². The van der Waals surface area contributed by atoms with Crippen LogP contribution in [0, 0.1) is 6.92 Å². The molecule has 1 aromatic heterocycles. The second-order valence-electron chi connectivity index (χ2n) is 9.10. The predicted octanol–water partition coefficient (Wildman–Crippen LogP) is 7.26. The number of nitrogens with one attached hydrogen (secondary N) is 1. The Hall–Kier alpha value is -3.51. The van der Waals surface area contributed by atoms with Gasteiger partial charge < -0.3 is 10.1 Å². The van der Waals surface area contributed by atoms with Gasteiger partial charge in [-0.15, -0.1) is 11.8 Å². The van der Waals surface area contributed by atoms with Gasteiger partial charge in [0.1, 0.15) is 17.3 Å². The van der Waals surface area contributed by atoms with Crippen molar-refractivity contribution >= 4 is 23.5 Å². The van der Waals surface area contributed by atoms with Gasteiger partial charge in [0.15, 0.2) is 0 Å². The van der Waals surface area contributed by atoms with Crippen molar-refractivity contribution in [3.05, 3.63) is 101 Å². The molecule has 0 unspecified atom stereocenters. The number of ether oxygens (including phenoxy) is 1. The smallest absolute Gasteiger partial charge is 0.238 e. The van der Waals surface area contributed by atoms with Crippen molar-refractivity contribution in [3.8, 4) is 17.2 Å². The van der Waals surface area contributed by atoms with Crippen LogP contribution in [0.1, 0.15) is 54.3 Å². The normalized spacial score (nSPS) is 17.6. The molecular weight excluding hydrogens is 454 g/mol. The highest BCUT2D eigenvalue weighted by Crippen LogP contribution is 2.46. The fourth-order valence-corrected chi connectivity index (χ4v) is 5.77. The Balaban J connectivity index is 1.57. The summed E-state index contributed by atoms with van der Waals surface area (Å²) in [7, 11) is 0. The summed E-state index contributed by atoms with van der Waals surface area (Å²) in [6, 6.07) is 26.2. The van der Waals surface area contributed by atoms with E-state index in [1.54, 1.807) is 11.8 Å². The minimum Gasteiger partial charge on any atom is -0.457 e. The molecule has 5 nitrogen and oxygen atoms in total. The molecule has 0 bridgehead atoms. The molecule has 1 N–H and O–H groups in total. The number of aromatic nitrogens is 2. The number of amides is 1. The molecule has 35 heavy (non-hydrogen) atoms. The second kappa shape index (κ2) is 9.62. The van der Waals surface area contributed by atoms with E-state index in [2.05, 4.69) is 43.4 Å². The fourth-order valence-electron chi connectivity index (χ4n) is 4.45. The van der Waals surface area contributed by atoms with Gasteiger partial charge in [-0.05, 0) is 61.2 Å². The molecule has 0 aliphatic carbocycles. The van der Waals surface area contributed by atoms with Gasteiger partial charge in [0.05, 0.1) is 21.9 Å². The molecule has 0 saturated heterocycles. The van der Waals surface area contributed by atoms with Crippen molar-refractivity contribution in [2.24, 2.45) is 0 Å². The van der Waals surface area contributed by atoms with Crippen LogP contribution in [0.5, 0.6) is 11.5 Å². The highest BCUT2D eigenvalue weighted by Gasteiger charge is 2.34. The molecule has 1 amide bonds. The molecule has 0 radical (unpaired) electrons. The molecule has 0 spiro atoms. The van der Waals surface area contributed by atoms with Gasteiger partial charge in [-0.2, -0.15) is 5.10 Å². The maximum Gasteiger partial charge on any atom is 0.238 e. The van der Waals surface area contributed by atoms with E-state index in [0.29, 0.717) is 5.92 Å². The molecule has 1 aliphatic rings. The Morgan fingerprint density at radius 3 is 2.31 bits per heavy atom. The Labute approximate surface area is 210 Å². The zero-order valence-electron chi connectivity index (χ0n) is 20.4. The summed E-state index contributed by atoms with van der Waals surface area (Å²) in [4.78, 5) is 13.0. The molecule has 1 aliphatic heterocycles. The molecule has 2 atom stereocenters. The van der Waals surface area contributed by atoms with Gasteiger partial charge in [0, 0.05) is 5.56 Å². The van der Waals surface area contributed by atoms with Crippen LogP contribution in [-0.2, 0) is 4.79 Å². The summed E-state index contributed by atoms with van der Waals surface area (Å²) >= 11 is 1.65. The van der Waals surface area contributed by atoms with Crippen LogP contribution in [0.4, 0.5) is 5.82 Å². The predicted molar refractivity (Wildman–Crippen MR) is 143 cm³/mol. The van der Waals surface area contributed by atoms with Crippen molar-refractivity contribution in [1.29, 1.82) is 0 Å². The fraction of sp³-hybridized carbons (Fsp3) is 0.241. The van der Waals surface area contributed by atoms with E-state index in [4.69, 9.17) is 9.84 Å². The van der Waals surface area contributed by atoms with Gasteiger partial charge in [0.2, 0.25) is 5.91 Å². The first-order valence-corrected chi connectivity index (χ1v) is 12.8. The summed E-state index contributed by atoms with van der Waals surface area (Å²) in [5, 5.41) is 7.86. The van der Waals surface area contributed by atoms with Crippen LogP contribution >= 0.6 is 11.8 Å². The van der Waals surface area contributed by atoms with Crippen molar-refractivity contribution in [1.82, 2.24) is 9.78 Å². The number of hydrogen-bond acceptors (Lipinski definition) is 4. The minimum absolute atomic E-state index is 0.00837. The Morgan fingerprint density at radius 1 is 0.943 bits per heavy atom.